The Morgan fingerprint density at radius 3 is 1.82 bits per heavy atom. The third-order valence-electron chi connectivity index (χ3n) is 5.57. The van der Waals surface area contributed by atoms with Gasteiger partial charge in [-0.3, -0.25) is 19.4 Å². The Balaban J connectivity index is 1.66. The first-order valence-electron chi connectivity index (χ1n) is 11.5. The van der Waals surface area contributed by atoms with Crippen molar-refractivity contribution in [3.05, 3.63) is 71.8 Å². The first-order chi connectivity index (χ1) is 16.1. The zero-order chi connectivity index (χ0) is 24.7. The molecule has 0 spiro atoms. The molecule has 0 radical (unpaired) electrons. The van der Waals surface area contributed by atoms with E-state index in [2.05, 4.69) is 29.2 Å². The molecule has 1 fully saturated rings. The molecule has 1 N–H and O–H groups in total. The third-order valence-corrected chi connectivity index (χ3v) is 5.57. The predicted molar refractivity (Wildman–Crippen MR) is 128 cm³/mol. The molecule has 1 aliphatic rings. The molecule has 182 valence electrons. The van der Waals surface area contributed by atoms with Gasteiger partial charge in [-0.2, -0.15) is 0 Å². The number of hydrogen-bond acceptors (Lipinski definition) is 5. The zero-order valence-corrected chi connectivity index (χ0v) is 20.0. The normalized spacial score (nSPS) is 14.6. The summed E-state index contributed by atoms with van der Waals surface area (Å²) < 4.78 is 5.28. The number of rotatable bonds is 7. The van der Waals surface area contributed by atoms with Gasteiger partial charge in [-0.15, -0.1) is 0 Å². The number of piperazine rings is 1. The van der Waals surface area contributed by atoms with Crippen LogP contribution in [0.25, 0.3) is 0 Å². The van der Waals surface area contributed by atoms with Gasteiger partial charge in [0.25, 0.3) is 0 Å². The van der Waals surface area contributed by atoms with Crippen LogP contribution in [-0.2, 0) is 14.3 Å². The van der Waals surface area contributed by atoms with Crippen LogP contribution in [0.5, 0.6) is 0 Å². The molecule has 8 heteroatoms. The average molecular weight is 468 g/mol. The highest BCUT2D eigenvalue weighted by atomic mass is 16.6. The summed E-state index contributed by atoms with van der Waals surface area (Å²) >= 11 is 0. The number of benzene rings is 2. The van der Waals surface area contributed by atoms with Gasteiger partial charge in [0.15, 0.2) is 0 Å². The molecule has 3 rings (SSSR count). The highest BCUT2D eigenvalue weighted by Gasteiger charge is 2.31. The maximum Gasteiger partial charge on any atom is 0.411 e. The molecule has 0 aliphatic carbocycles. The fourth-order valence-corrected chi connectivity index (χ4v) is 4.05. The molecule has 1 heterocycles. The minimum absolute atomic E-state index is 0.0740. The summed E-state index contributed by atoms with van der Waals surface area (Å²) in [5.41, 5.74) is 1.59. The van der Waals surface area contributed by atoms with Gasteiger partial charge in [-0.1, -0.05) is 60.7 Å². The summed E-state index contributed by atoms with van der Waals surface area (Å²) in [5, 5.41) is 9.19. The van der Waals surface area contributed by atoms with Crippen molar-refractivity contribution in [3.8, 4) is 0 Å². The van der Waals surface area contributed by atoms with Crippen LogP contribution < -0.4 is 0 Å². The number of amides is 2. The summed E-state index contributed by atoms with van der Waals surface area (Å²) in [5.74, 6) is -1.49. The van der Waals surface area contributed by atoms with Crippen LogP contribution in [-0.4, -0.2) is 82.6 Å². The quantitative estimate of drug-likeness (QED) is 0.672. The summed E-state index contributed by atoms with van der Waals surface area (Å²) in [7, 11) is 0. The van der Waals surface area contributed by atoms with E-state index in [0.29, 0.717) is 26.2 Å². The molecule has 2 amide bonds. The molecule has 1 aliphatic heterocycles. The summed E-state index contributed by atoms with van der Waals surface area (Å²) in [6.45, 7) is 6.46. The van der Waals surface area contributed by atoms with Gasteiger partial charge in [0, 0.05) is 26.2 Å². The smallest absolute Gasteiger partial charge is 0.411 e. The molecule has 0 bridgehead atoms. The molecule has 0 saturated carbocycles. The van der Waals surface area contributed by atoms with Crippen molar-refractivity contribution in [1.82, 2.24) is 14.7 Å². The molecule has 34 heavy (non-hydrogen) atoms. The van der Waals surface area contributed by atoms with Crippen LogP contribution in [0.4, 0.5) is 4.79 Å². The zero-order valence-electron chi connectivity index (χ0n) is 20.0. The van der Waals surface area contributed by atoms with E-state index in [9.17, 15) is 19.5 Å². The van der Waals surface area contributed by atoms with Crippen LogP contribution in [0.3, 0.4) is 0 Å². The lowest BCUT2D eigenvalue weighted by Gasteiger charge is -2.40. The van der Waals surface area contributed by atoms with Gasteiger partial charge >= 0.3 is 12.1 Å². The lowest BCUT2D eigenvalue weighted by atomic mass is 9.96. The molecule has 2 aromatic carbocycles. The number of ether oxygens (including phenoxy) is 1. The van der Waals surface area contributed by atoms with Gasteiger partial charge < -0.3 is 14.7 Å². The fourth-order valence-electron chi connectivity index (χ4n) is 4.05. The second kappa shape index (κ2) is 11.2. The number of carbonyl (C=O) groups is 3. The summed E-state index contributed by atoms with van der Waals surface area (Å²) in [4.78, 5) is 41.6. The SMILES string of the molecule is CC(C)(C)OC(=O)N(CC(=O)O)CC(=O)N1CCN(C(c2ccccc2)c2ccccc2)CC1. The van der Waals surface area contributed by atoms with Gasteiger partial charge in [0.1, 0.15) is 18.7 Å². The first kappa shape index (κ1) is 25.2. The number of carbonyl (C=O) groups excluding carboxylic acids is 2. The molecule has 0 atom stereocenters. The van der Waals surface area contributed by atoms with E-state index in [1.165, 1.54) is 11.1 Å². The maximum absolute atomic E-state index is 12.9. The van der Waals surface area contributed by atoms with Gasteiger partial charge in [-0.25, -0.2) is 4.79 Å². The Morgan fingerprint density at radius 2 is 1.38 bits per heavy atom. The second-order valence-electron chi connectivity index (χ2n) is 9.37. The summed E-state index contributed by atoms with van der Waals surface area (Å²) in [6, 6.07) is 20.6. The van der Waals surface area contributed by atoms with Crippen LogP contribution in [0.15, 0.2) is 60.7 Å². The molecule has 0 unspecified atom stereocenters. The monoisotopic (exact) mass is 467 g/mol. The van der Waals surface area contributed by atoms with Crippen molar-refractivity contribution < 1.29 is 24.2 Å². The van der Waals surface area contributed by atoms with E-state index in [-0.39, 0.29) is 18.5 Å². The van der Waals surface area contributed by atoms with E-state index < -0.39 is 24.2 Å². The Labute approximate surface area is 200 Å². The highest BCUT2D eigenvalue weighted by molar-refractivity contribution is 5.85. The van der Waals surface area contributed by atoms with Crippen molar-refractivity contribution in [1.29, 1.82) is 0 Å². The molecule has 0 aromatic heterocycles. The van der Waals surface area contributed by atoms with Crippen molar-refractivity contribution in [2.75, 3.05) is 39.3 Å². The average Bonchev–Trinajstić information content (AvgIpc) is 2.79. The highest BCUT2D eigenvalue weighted by Crippen LogP contribution is 2.29. The topological polar surface area (TPSA) is 90.4 Å². The summed E-state index contributed by atoms with van der Waals surface area (Å²) in [6.07, 6.45) is -0.810. The lowest BCUT2D eigenvalue weighted by molar-refractivity contribution is -0.140. The Bertz CT molecular complexity index is 927. The molecule has 8 nitrogen and oxygen atoms in total. The second-order valence-corrected chi connectivity index (χ2v) is 9.37. The number of aliphatic carboxylic acids is 1. The largest absolute Gasteiger partial charge is 0.480 e. The minimum atomic E-state index is -1.20. The minimum Gasteiger partial charge on any atom is -0.480 e. The van der Waals surface area contributed by atoms with Crippen LogP contribution >= 0.6 is 0 Å². The number of hydrogen-bond donors (Lipinski definition) is 1. The van der Waals surface area contributed by atoms with Crippen LogP contribution in [0.1, 0.15) is 37.9 Å². The molecular weight excluding hydrogens is 434 g/mol. The third kappa shape index (κ3) is 7.05. The fraction of sp³-hybridized carbons (Fsp3) is 0.423. The molecular formula is C26H33N3O5. The van der Waals surface area contributed by atoms with Crippen LogP contribution in [0.2, 0.25) is 0 Å². The number of carboxylic acid groups (broad SMARTS) is 1. The van der Waals surface area contributed by atoms with E-state index in [0.717, 1.165) is 4.90 Å². The van der Waals surface area contributed by atoms with E-state index in [4.69, 9.17) is 4.74 Å². The standard InChI is InChI=1S/C26H33N3O5/c1-26(2,3)34-25(33)29(19-23(31)32)18-22(30)27-14-16-28(17-15-27)24(20-10-6-4-7-11-20)21-12-8-5-9-13-21/h4-13,24H,14-19H2,1-3H3,(H,31,32). The Hall–Kier alpha value is -3.39. The Morgan fingerprint density at radius 1 is 0.882 bits per heavy atom. The van der Waals surface area contributed by atoms with Gasteiger partial charge in [0.05, 0.1) is 6.04 Å². The van der Waals surface area contributed by atoms with Crippen molar-refractivity contribution in [2.24, 2.45) is 0 Å². The van der Waals surface area contributed by atoms with Crippen LogP contribution in [0, 0.1) is 0 Å². The van der Waals surface area contributed by atoms with E-state index in [1.54, 1.807) is 25.7 Å². The van der Waals surface area contributed by atoms with Gasteiger partial charge in [0.2, 0.25) is 5.91 Å². The molecule has 2 aromatic rings. The maximum atomic E-state index is 12.9. The number of nitrogens with zero attached hydrogens (tertiary/aromatic N) is 3. The van der Waals surface area contributed by atoms with Gasteiger partial charge in [-0.05, 0) is 31.9 Å². The van der Waals surface area contributed by atoms with Crippen molar-refractivity contribution in [3.63, 3.8) is 0 Å². The molecule has 1 saturated heterocycles. The Kier molecular flexibility index (Phi) is 8.28. The van der Waals surface area contributed by atoms with E-state index in [1.807, 2.05) is 36.4 Å². The number of carboxylic acids is 1. The lowest BCUT2D eigenvalue weighted by Crippen LogP contribution is -2.53. The first-order valence-corrected chi connectivity index (χ1v) is 11.5. The predicted octanol–water partition coefficient (Wildman–Crippen LogP) is 3.24. The van der Waals surface area contributed by atoms with Crippen molar-refractivity contribution in [2.45, 2.75) is 32.4 Å². The van der Waals surface area contributed by atoms with Crippen molar-refractivity contribution >= 4 is 18.0 Å². The van der Waals surface area contributed by atoms with E-state index >= 15 is 0 Å².